The molecule has 1 aromatic rings. The topological polar surface area (TPSA) is 53.3 Å². The summed E-state index contributed by atoms with van der Waals surface area (Å²) in [4.78, 5) is 2.32. The second-order valence-corrected chi connectivity index (χ2v) is 5.57. The van der Waals surface area contributed by atoms with Crippen LogP contribution < -0.4 is 5.32 Å². The summed E-state index contributed by atoms with van der Waals surface area (Å²) >= 11 is 0. The molecule has 5 heteroatoms. The number of nitrogens with one attached hydrogen (secondary N) is 1. The van der Waals surface area contributed by atoms with Crippen LogP contribution in [0.15, 0.2) is 12.4 Å². The fourth-order valence-electron chi connectivity index (χ4n) is 2.69. The van der Waals surface area contributed by atoms with E-state index in [0.29, 0.717) is 12.6 Å². The Balaban J connectivity index is 2.43. The van der Waals surface area contributed by atoms with Crippen LogP contribution in [-0.4, -0.2) is 53.1 Å². The summed E-state index contributed by atoms with van der Waals surface area (Å²) in [6.45, 7) is 7.05. The summed E-state index contributed by atoms with van der Waals surface area (Å²) < 4.78 is 1.78. The second kappa shape index (κ2) is 9.10. The molecule has 1 heterocycles. The number of aliphatic hydroxyl groups is 1. The van der Waals surface area contributed by atoms with Crippen molar-refractivity contribution >= 4 is 0 Å². The highest BCUT2D eigenvalue weighted by atomic mass is 16.3. The lowest BCUT2D eigenvalue weighted by Crippen LogP contribution is -2.42. The van der Waals surface area contributed by atoms with Crippen molar-refractivity contribution in [3.63, 3.8) is 0 Å². The van der Waals surface area contributed by atoms with Gasteiger partial charge in [0, 0.05) is 30.9 Å². The molecule has 0 saturated carbocycles. The molecule has 0 aliphatic rings. The van der Waals surface area contributed by atoms with Gasteiger partial charge in [-0.15, -0.1) is 0 Å². The summed E-state index contributed by atoms with van der Waals surface area (Å²) in [7, 11) is 4.31. The summed E-state index contributed by atoms with van der Waals surface area (Å²) in [6, 6.07) is 0.567. The number of hydrogen-bond donors (Lipinski definition) is 2. The van der Waals surface area contributed by atoms with Gasteiger partial charge in [-0.2, -0.15) is 5.10 Å². The molecule has 0 bridgehead atoms. The maximum absolute atomic E-state index is 8.87. The van der Waals surface area contributed by atoms with Crippen molar-refractivity contribution in [2.24, 2.45) is 5.92 Å². The van der Waals surface area contributed by atoms with Crippen LogP contribution in [0.4, 0.5) is 0 Å². The van der Waals surface area contributed by atoms with Gasteiger partial charge in [0.25, 0.3) is 0 Å². The highest BCUT2D eigenvalue weighted by Gasteiger charge is 2.19. The monoisotopic (exact) mass is 282 g/mol. The molecule has 0 aliphatic carbocycles. The van der Waals surface area contributed by atoms with Crippen LogP contribution in [0.5, 0.6) is 0 Å². The molecular formula is C15H30N4O. The Morgan fingerprint density at radius 3 is 2.60 bits per heavy atom. The van der Waals surface area contributed by atoms with Crippen molar-refractivity contribution < 1.29 is 5.11 Å². The molecule has 2 N–H and O–H groups in total. The molecule has 0 aromatic carbocycles. The molecule has 20 heavy (non-hydrogen) atoms. The molecule has 1 unspecified atom stereocenters. The van der Waals surface area contributed by atoms with Crippen LogP contribution in [0.1, 0.15) is 32.3 Å². The average Bonchev–Trinajstić information content (AvgIpc) is 2.86. The van der Waals surface area contributed by atoms with Gasteiger partial charge in [0.15, 0.2) is 0 Å². The molecule has 5 nitrogen and oxygen atoms in total. The SMILES string of the molecule is CCC(CC)C(CNCc1cnn(CCO)c1)N(C)C. The fraction of sp³-hybridized carbons (Fsp3) is 0.800. The van der Waals surface area contributed by atoms with Gasteiger partial charge >= 0.3 is 0 Å². The van der Waals surface area contributed by atoms with Crippen molar-refractivity contribution in [3.05, 3.63) is 18.0 Å². The molecule has 1 rings (SSSR count). The van der Waals surface area contributed by atoms with Crippen molar-refractivity contribution in [2.45, 2.75) is 45.8 Å². The third kappa shape index (κ3) is 5.23. The zero-order valence-electron chi connectivity index (χ0n) is 13.3. The van der Waals surface area contributed by atoms with Gasteiger partial charge in [0.2, 0.25) is 0 Å². The molecular weight excluding hydrogens is 252 g/mol. The highest BCUT2D eigenvalue weighted by molar-refractivity contribution is 5.03. The molecule has 0 saturated heterocycles. The second-order valence-electron chi connectivity index (χ2n) is 5.57. The number of hydrogen-bond acceptors (Lipinski definition) is 4. The third-order valence-corrected chi connectivity index (χ3v) is 3.95. The fourth-order valence-corrected chi connectivity index (χ4v) is 2.69. The van der Waals surface area contributed by atoms with E-state index in [0.717, 1.165) is 19.0 Å². The first-order chi connectivity index (χ1) is 9.62. The van der Waals surface area contributed by atoms with E-state index in [1.165, 1.54) is 18.4 Å². The van der Waals surface area contributed by atoms with Crippen molar-refractivity contribution in [3.8, 4) is 0 Å². The summed E-state index contributed by atoms with van der Waals surface area (Å²) in [6.07, 6.45) is 6.29. The molecule has 0 fully saturated rings. The number of rotatable bonds is 10. The summed E-state index contributed by atoms with van der Waals surface area (Å²) in [5.41, 5.74) is 1.17. The Morgan fingerprint density at radius 1 is 1.35 bits per heavy atom. The minimum absolute atomic E-state index is 0.131. The van der Waals surface area contributed by atoms with E-state index >= 15 is 0 Å². The van der Waals surface area contributed by atoms with Crippen molar-refractivity contribution in [1.29, 1.82) is 0 Å². The van der Waals surface area contributed by atoms with Gasteiger partial charge in [-0.05, 0) is 20.0 Å². The van der Waals surface area contributed by atoms with E-state index in [-0.39, 0.29) is 6.61 Å². The molecule has 1 aromatic heterocycles. The molecule has 1 atom stereocenters. The van der Waals surface area contributed by atoms with E-state index in [2.05, 4.69) is 43.3 Å². The molecule has 0 aliphatic heterocycles. The Labute approximate surface area is 123 Å². The van der Waals surface area contributed by atoms with Gasteiger partial charge in [-0.25, -0.2) is 0 Å². The van der Waals surface area contributed by atoms with Gasteiger partial charge in [-0.3, -0.25) is 4.68 Å². The maximum Gasteiger partial charge on any atom is 0.0640 e. The number of aromatic nitrogens is 2. The third-order valence-electron chi connectivity index (χ3n) is 3.95. The summed E-state index contributed by atoms with van der Waals surface area (Å²) in [5.74, 6) is 0.731. The molecule has 0 spiro atoms. The molecule has 0 radical (unpaired) electrons. The van der Waals surface area contributed by atoms with E-state index in [9.17, 15) is 0 Å². The van der Waals surface area contributed by atoms with Crippen molar-refractivity contribution in [2.75, 3.05) is 27.2 Å². The summed E-state index contributed by atoms with van der Waals surface area (Å²) in [5, 5.41) is 16.6. The van der Waals surface area contributed by atoms with Crippen LogP contribution in [0.3, 0.4) is 0 Å². The Bertz CT molecular complexity index is 361. The normalized spacial score (nSPS) is 13.3. The van der Waals surface area contributed by atoms with E-state index in [4.69, 9.17) is 5.11 Å². The Kier molecular flexibility index (Phi) is 7.80. The Hall–Kier alpha value is -0.910. The van der Waals surface area contributed by atoms with Gasteiger partial charge in [0.05, 0.1) is 19.3 Å². The van der Waals surface area contributed by atoms with Gasteiger partial charge < -0.3 is 15.3 Å². The number of aliphatic hydroxyl groups excluding tert-OH is 1. The first-order valence-electron chi connectivity index (χ1n) is 7.61. The van der Waals surface area contributed by atoms with Crippen LogP contribution in [0, 0.1) is 5.92 Å². The first kappa shape index (κ1) is 17.1. The van der Waals surface area contributed by atoms with Crippen LogP contribution in [0.25, 0.3) is 0 Å². The van der Waals surface area contributed by atoms with Crippen LogP contribution in [-0.2, 0) is 13.1 Å². The zero-order valence-corrected chi connectivity index (χ0v) is 13.3. The van der Waals surface area contributed by atoms with Crippen LogP contribution >= 0.6 is 0 Å². The van der Waals surface area contributed by atoms with E-state index in [1.54, 1.807) is 4.68 Å². The average molecular weight is 282 g/mol. The first-order valence-corrected chi connectivity index (χ1v) is 7.61. The predicted molar refractivity (Wildman–Crippen MR) is 82.6 cm³/mol. The van der Waals surface area contributed by atoms with E-state index < -0.39 is 0 Å². The largest absolute Gasteiger partial charge is 0.394 e. The lowest BCUT2D eigenvalue weighted by Gasteiger charge is -2.31. The van der Waals surface area contributed by atoms with Gasteiger partial charge in [0.1, 0.15) is 0 Å². The van der Waals surface area contributed by atoms with Crippen LogP contribution in [0.2, 0.25) is 0 Å². The predicted octanol–water partition coefficient (Wildman–Crippen LogP) is 1.33. The lowest BCUT2D eigenvalue weighted by molar-refractivity contribution is 0.194. The minimum Gasteiger partial charge on any atom is -0.394 e. The minimum atomic E-state index is 0.131. The lowest BCUT2D eigenvalue weighted by atomic mass is 9.93. The van der Waals surface area contributed by atoms with Crippen molar-refractivity contribution in [1.82, 2.24) is 20.0 Å². The smallest absolute Gasteiger partial charge is 0.0640 e. The molecule has 116 valence electrons. The number of nitrogens with zero attached hydrogens (tertiary/aromatic N) is 3. The standard InChI is InChI=1S/C15H30N4O/c1-5-14(6-2)15(18(3)4)11-16-9-13-10-17-19(12-13)7-8-20/h10,12,14-16,20H,5-9,11H2,1-4H3. The Morgan fingerprint density at radius 2 is 2.05 bits per heavy atom. The highest BCUT2D eigenvalue weighted by Crippen LogP contribution is 2.16. The number of likely N-dealkylation sites (N-methyl/N-ethyl adjacent to an activating group) is 1. The van der Waals surface area contributed by atoms with Gasteiger partial charge in [-0.1, -0.05) is 26.7 Å². The van der Waals surface area contributed by atoms with E-state index in [1.807, 2.05) is 12.4 Å². The maximum atomic E-state index is 8.87. The zero-order chi connectivity index (χ0) is 15.0. The quantitative estimate of drug-likeness (QED) is 0.680. The molecule has 0 amide bonds.